The fourth-order valence-electron chi connectivity index (χ4n) is 2.45. The van der Waals surface area contributed by atoms with E-state index in [-0.39, 0.29) is 24.4 Å². The van der Waals surface area contributed by atoms with Gasteiger partial charge in [-0.25, -0.2) is 4.39 Å². The number of nitrogens with zero attached hydrogens (tertiary/aromatic N) is 1. The number of hydrogen-bond donors (Lipinski definition) is 1. The second-order valence-electron chi connectivity index (χ2n) is 5.84. The summed E-state index contributed by atoms with van der Waals surface area (Å²) in [7, 11) is 3.21. The Balaban J connectivity index is 1.89. The van der Waals surface area contributed by atoms with Crippen molar-refractivity contribution >= 4 is 39.3 Å². The number of amides is 2. The Morgan fingerprint density at radius 3 is 2.70 bits per heavy atom. The van der Waals surface area contributed by atoms with E-state index >= 15 is 0 Å². The molecule has 0 saturated carbocycles. The molecule has 27 heavy (non-hydrogen) atoms. The Hall–Kier alpha value is -2.12. The van der Waals surface area contributed by atoms with Gasteiger partial charge in [-0.2, -0.15) is 0 Å². The number of nitrogens with one attached hydrogen (secondary N) is 1. The first-order valence-electron chi connectivity index (χ1n) is 8.11. The molecule has 2 amide bonds. The summed E-state index contributed by atoms with van der Waals surface area (Å²) in [6.07, 6.45) is 0.109. The zero-order valence-electron chi connectivity index (χ0n) is 14.9. The zero-order valence-corrected chi connectivity index (χ0v) is 17.2. The highest BCUT2D eigenvalue weighted by molar-refractivity contribution is 9.10. The van der Waals surface area contributed by atoms with E-state index in [4.69, 9.17) is 16.3 Å². The average Bonchev–Trinajstić information content (AvgIpc) is 2.63. The predicted molar refractivity (Wildman–Crippen MR) is 106 cm³/mol. The fraction of sp³-hybridized carbons (Fsp3) is 0.263. The van der Waals surface area contributed by atoms with E-state index in [0.717, 1.165) is 11.6 Å². The summed E-state index contributed by atoms with van der Waals surface area (Å²) in [5, 5.41) is 3.17. The van der Waals surface area contributed by atoms with Crippen LogP contribution < -0.4 is 10.1 Å². The molecule has 0 aromatic heterocycles. The van der Waals surface area contributed by atoms with Crippen LogP contribution in [0.5, 0.6) is 5.75 Å². The van der Waals surface area contributed by atoms with Crippen LogP contribution in [0.2, 0.25) is 5.02 Å². The van der Waals surface area contributed by atoms with Crippen LogP contribution in [0.15, 0.2) is 40.9 Å². The van der Waals surface area contributed by atoms with E-state index in [1.54, 1.807) is 32.4 Å². The van der Waals surface area contributed by atoms with Gasteiger partial charge in [0.1, 0.15) is 11.6 Å². The first kappa shape index (κ1) is 21.2. The summed E-state index contributed by atoms with van der Waals surface area (Å²) >= 11 is 9.21. The lowest BCUT2D eigenvalue weighted by Gasteiger charge is -2.19. The molecule has 144 valence electrons. The fourth-order valence-corrected chi connectivity index (χ4v) is 3.08. The summed E-state index contributed by atoms with van der Waals surface area (Å²) in [6.45, 7) is 0.462. The number of carbonyl (C=O) groups excluding carboxylic acids is 2. The molecule has 0 atom stereocenters. The summed E-state index contributed by atoms with van der Waals surface area (Å²) in [6, 6.07) is 9.05. The number of halogens is 3. The molecule has 2 aromatic rings. The SMILES string of the molecule is COc1ccc(Cl)cc1CN(C)C(=O)CCNC(=O)c1cc(F)ccc1Br. The van der Waals surface area contributed by atoms with Crippen LogP contribution in [-0.4, -0.2) is 37.4 Å². The highest BCUT2D eigenvalue weighted by Crippen LogP contribution is 2.24. The number of carbonyl (C=O) groups is 2. The van der Waals surface area contributed by atoms with Crippen molar-refractivity contribution in [3.05, 3.63) is 62.8 Å². The van der Waals surface area contributed by atoms with Gasteiger partial charge in [-0.05, 0) is 52.3 Å². The van der Waals surface area contributed by atoms with Gasteiger partial charge in [0.05, 0.1) is 12.7 Å². The molecular formula is C19H19BrClFN2O3. The van der Waals surface area contributed by atoms with Crippen LogP contribution in [0.25, 0.3) is 0 Å². The summed E-state index contributed by atoms with van der Waals surface area (Å²) < 4.78 is 19.0. The number of methoxy groups -OCH3 is 1. The van der Waals surface area contributed by atoms with Crippen molar-refractivity contribution in [3.8, 4) is 5.75 Å². The van der Waals surface area contributed by atoms with Gasteiger partial charge in [0.15, 0.2) is 0 Å². The summed E-state index contributed by atoms with van der Waals surface area (Å²) in [5.41, 5.74) is 0.966. The highest BCUT2D eigenvalue weighted by Gasteiger charge is 2.15. The third-order valence-corrected chi connectivity index (χ3v) is 4.80. The largest absolute Gasteiger partial charge is 0.496 e. The molecule has 0 aliphatic carbocycles. The first-order valence-corrected chi connectivity index (χ1v) is 9.28. The van der Waals surface area contributed by atoms with Gasteiger partial charge < -0.3 is 15.0 Å². The van der Waals surface area contributed by atoms with Crippen molar-refractivity contribution in [1.82, 2.24) is 10.2 Å². The number of hydrogen-bond acceptors (Lipinski definition) is 3. The molecule has 2 aromatic carbocycles. The zero-order chi connectivity index (χ0) is 20.0. The molecule has 0 saturated heterocycles. The van der Waals surface area contributed by atoms with Gasteiger partial charge in [0, 0.05) is 41.6 Å². The molecule has 0 aliphatic heterocycles. The van der Waals surface area contributed by atoms with E-state index < -0.39 is 11.7 Å². The molecular weight excluding hydrogens is 439 g/mol. The average molecular weight is 458 g/mol. The van der Waals surface area contributed by atoms with E-state index in [9.17, 15) is 14.0 Å². The molecule has 0 radical (unpaired) electrons. The molecule has 0 spiro atoms. The van der Waals surface area contributed by atoms with Crippen molar-refractivity contribution in [2.45, 2.75) is 13.0 Å². The molecule has 2 rings (SSSR count). The number of rotatable bonds is 7. The summed E-state index contributed by atoms with van der Waals surface area (Å²) in [5.74, 6) is -0.470. The lowest BCUT2D eigenvalue weighted by Crippen LogP contribution is -2.32. The minimum Gasteiger partial charge on any atom is -0.496 e. The lowest BCUT2D eigenvalue weighted by atomic mass is 10.2. The smallest absolute Gasteiger partial charge is 0.252 e. The number of ether oxygens (including phenoxy) is 1. The first-order chi connectivity index (χ1) is 12.8. The molecule has 0 unspecified atom stereocenters. The maximum Gasteiger partial charge on any atom is 0.252 e. The molecule has 0 heterocycles. The minimum atomic E-state index is -0.505. The summed E-state index contributed by atoms with van der Waals surface area (Å²) in [4.78, 5) is 25.9. The molecule has 8 heteroatoms. The van der Waals surface area contributed by atoms with Gasteiger partial charge in [0.25, 0.3) is 5.91 Å². The van der Waals surface area contributed by atoms with E-state index in [2.05, 4.69) is 21.2 Å². The van der Waals surface area contributed by atoms with E-state index in [1.807, 2.05) is 0 Å². The third-order valence-electron chi connectivity index (χ3n) is 3.87. The van der Waals surface area contributed by atoms with Gasteiger partial charge in [-0.15, -0.1) is 0 Å². The second-order valence-corrected chi connectivity index (χ2v) is 7.13. The maximum atomic E-state index is 13.3. The van der Waals surface area contributed by atoms with Crippen molar-refractivity contribution < 1.29 is 18.7 Å². The monoisotopic (exact) mass is 456 g/mol. The number of benzene rings is 2. The van der Waals surface area contributed by atoms with Gasteiger partial charge >= 0.3 is 0 Å². The van der Waals surface area contributed by atoms with E-state index in [0.29, 0.717) is 21.8 Å². The molecule has 0 aliphatic rings. The maximum absolute atomic E-state index is 13.3. The van der Waals surface area contributed by atoms with Crippen LogP contribution in [0, 0.1) is 5.82 Å². The van der Waals surface area contributed by atoms with E-state index in [1.165, 1.54) is 17.0 Å². The van der Waals surface area contributed by atoms with Crippen LogP contribution in [0.3, 0.4) is 0 Å². The third kappa shape index (κ3) is 5.94. The van der Waals surface area contributed by atoms with Crippen LogP contribution in [0.1, 0.15) is 22.3 Å². The van der Waals surface area contributed by atoms with Crippen molar-refractivity contribution in [1.29, 1.82) is 0 Å². The minimum absolute atomic E-state index is 0.109. The quantitative estimate of drug-likeness (QED) is 0.683. The van der Waals surface area contributed by atoms with Crippen molar-refractivity contribution in [2.75, 3.05) is 20.7 Å². The van der Waals surface area contributed by atoms with Crippen molar-refractivity contribution in [3.63, 3.8) is 0 Å². The van der Waals surface area contributed by atoms with Crippen molar-refractivity contribution in [2.24, 2.45) is 0 Å². The normalized spacial score (nSPS) is 10.4. The predicted octanol–water partition coefficient (Wildman–Crippen LogP) is 4.03. The standard InChI is InChI=1S/C19H19BrClFN2O3/c1-24(11-12-9-13(21)3-6-17(12)27-2)18(25)7-8-23-19(26)15-10-14(22)4-5-16(15)20/h3-6,9-10H,7-8,11H2,1-2H3,(H,23,26). The highest BCUT2D eigenvalue weighted by atomic mass is 79.9. The Morgan fingerprint density at radius 2 is 2.00 bits per heavy atom. The Morgan fingerprint density at radius 1 is 1.26 bits per heavy atom. The van der Waals surface area contributed by atoms with Crippen LogP contribution in [0.4, 0.5) is 4.39 Å². The van der Waals surface area contributed by atoms with Gasteiger partial charge in [0.2, 0.25) is 5.91 Å². The Kier molecular flexibility index (Phi) is 7.62. The molecule has 0 fully saturated rings. The Labute approximate surface area is 170 Å². The molecule has 0 bridgehead atoms. The molecule has 1 N–H and O–H groups in total. The molecule has 5 nitrogen and oxygen atoms in total. The lowest BCUT2D eigenvalue weighted by molar-refractivity contribution is -0.130. The Bertz CT molecular complexity index is 848. The topological polar surface area (TPSA) is 58.6 Å². The van der Waals surface area contributed by atoms with Gasteiger partial charge in [-0.3, -0.25) is 9.59 Å². The van der Waals surface area contributed by atoms with Gasteiger partial charge in [-0.1, -0.05) is 11.6 Å². The van der Waals surface area contributed by atoms with Crippen LogP contribution in [-0.2, 0) is 11.3 Å². The second kappa shape index (κ2) is 9.71. The van der Waals surface area contributed by atoms with Crippen LogP contribution >= 0.6 is 27.5 Å².